The van der Waals surface area contributed by atoms with Crippen LogP contribution in [0.4, 0.5) is 5.69 Å². The summed E-state index contributed by atoms with van der Waals surface area (Å²) in [5.41, 5.74) is 7.19. The molecule has 1 saturated carbocycles. The summed E-state index contributed by atoms with van der Waals surface area (Å²) in [6.45, 7) is 9.08. The van der Waals surface area contributed by atoms with E-state index in [-0.39, 0.29) is 22.8 Å². The predicted octanol–water partition coefficient (Wildman–Crippen LogP) is 2.34. The number of carbonyl (C=O) groups is 1. The van der Waals surface area contributed by atoms with E-state index in [1.807, 2.05) is 0 Å². The SMILES string of the molecule is Cn1ncc(N)c1C(=O)NC1CC(C)(C)CC(C)(C)C1. The number of amides is 1. The second-order valence-electron chi connectivity index (χ2n) is 7.66. The third-order valence-corrected chi connectivity index (χ3v) is 4.07. The van der Waals surface area contributed by atoms with E-state index >= 15 is 0 Å². The summed E-state index contributed by atoms with van der Waals surface area (Å²) in [5.74, 6) is -0.124. The number of anilines is 1. The molecule has 0 aliphatic heterocycles. The molecule has 1 aliphatic carbocycles. The van der Waals surface area contributed by atoms with E-state index in [4.69, 9.17) is 5.73 Å². The van der Waals surface area contributed by atoms with E-state index in [0.29, 0.717) is 11.4 Å². The molecule has 1 amide bonds. The van der Waals surface area contributed by atoms with Crippen molar-refractivity contribution in [3.05, 3.63) is 11.9 Å². The fourth-order valence-electron chi connectivity index (χ4n) is 3.93. The third-order valence-electron chi connectivity index (χ3n) is 4.07. The highest BCUT2D eigenvalue weighted by molar-refractivity contribution is 5.97. The zero-order valence-electron chi connectivity index (χ0n) is 13.2. The van der Waals surface area contributed by atoms with Crippen molar-refractivity contribution in [1.29, 1.82) is 0 Å². The summed E-state index contributed by atoms with van der Waals surface area (Å²) in [4.78, 5) is 12.4. The average molecular weight is 278 g/mol. The quantitative estimate of drug-likeness (QED) is 0.872. The Labute approximate surface area is 120 Å². The summed E-state index contributed by atoms with van der Waals surface area (Å²) in [5, 5.41) is 7.15. The van der Waals surface area contributed by atoms with Crippen LogP contribution in [0.3, 0.4) is 0 Å². The van der Waals surface area contributed by atoms with Crippen LogP contribution in [0.1, 0.15) is 57.4 Å². The molecule has 20 heavy (non-hydrogen) atoms. The Bertz CT molecular complexity index is 480. The van der Waals surface area contributed by atoms with Gasteiger partial charge in [-0.2, -0.15) is 5.10 Å². The minimum absolute atomic E-state index is 0.124. The summed E-state index contributed by atoms with van der Waals surface area (Å²) < 4.78 is 1.53. The van der Waals surface area contributed by atoms with Crippen LogP contribution in [0, 0.1) is 10.8 Å². The normalized spacial score (nSPS) is 21.6. The number of rotatable bonds is 2. The minimum Gasteiger partial charge on any atom is -0.396 e. The van der Waals surface area contributed by atoms with Crippen molar-refractivity contribution >= 4 is 11.6 Å². The van der Waals surface area contributed by atoms with Gasteiger partial charge in [-0.25, -0.2) is 0 Å². The van der Waals surface area contributed by atoms with Crippen LogP contribution in [-0.4, -0.2) is 21.7 Å². The van der Waals surface area contributed by atoms with E-state index in [1.165, 1.54) is 17.3 Å². The number of nitrogens with zero attached hydrogens (tertiary/aromatic N) is 2. The van der Waals surface area contributed by atoms with Gasteiger partial charge in [-0.15, -0.1) is 0 Å². The van der Waals surface area contributed by atoms with Gasteiger partial charge < -0.3 is 11.1 Å². The van der Waals surface area contributed by atoms with Gasteiger partial charge in [0.05, 0.1) is 11.9 Å². The van der Waals surface area contributed by atoms with Gasteiger partial charge in [0.1, 0.15) is 5.69 Å². The highest BCUT2D eigenvalue weighted by Gasteiger charge is 2.39. The van der Waals surface area contributed by atoms with Crippen LogP contribution in [0.15, 0.2) is 6.20 Å². The van der Waals surface area contributed by atoms with Crippen molar-refractivity contribution < 1.29 is 4.79 Å². The van der Waals surface area contributed by atoms with Gasteiger partial charge in [-0.3, -0.25) is 9.48 Å². The zero-order valence-corrected chi connectivity index (χ0v) is 13.2. The molecule has 0 spiro atoms. The molecule has 1 aromatic heterocycles. The van der Waals surface area contributed by atoms with Crippen molar-refractivity contribution in [2.75, 3.05) is 5.73 Å². The van der Waals surface area contributed by atoms with Crippen molar-refractivity contribution in [3.8, 4) is 0 Å². The topological polar surface area (TPSA) is 72.9 Å². The molecule has 5 heteroatoms. The van der Waals surface area contributed by atoms with Crippen molar-refractivity contribution in [1.82, 2.24) is 15.1 Å². The first-order chi connectivity index (χ1) is 9.10. The number of hydrogen-bond donors (Lipinski definition) is 2. The molecule has 0 atom stereocenters. The molecule has 0 bridgehead atoms. The Morgan fingerprint density at radius 3 is 2.35 bits per heavy atom. The van der Waals surface area contributed by atoms with Gasteiger partial charge >= 0.3 is 0 Å². The molecule has 112 valence electrons. The molecule has 0 aromatic carbocycles. The first-order valence-corrected chi connectivity index (χ1v) is 7.18. The van der Waals surface area contributed by atoms with E-state index in [9.17, 15) is 4.79 Å². The number of nitrogens with two attached hydrogens (primary N) is 1. The summed E-state index contributed by atoms with van der Waals surface area (Å²) in [7, 11) is 1.74. The summed E-state index contributed by atoms with van der Waals surface area (Å²) in [6.07, 6.45) is 4.70. The lowest BCUT2D eigenvalue weighted by Gasteiger charge is -2.45. The third kappa shape index (κ3) is 3.14. The average Bonchev–Trinajstić information content (AvgIpc) is 2.53. The largest absolute Gasteiger partial charge is 0.396 e. The lowest BCUT2D eigenvalue weighted by molar-refractivity contribution is 0.0708. The van der Waals surface area contributed by atoms with E-state index in [0.717, 1.165) is 12.8 Å². The van der Waals surface area contributed by atoms with Gasteiger partial charge in [-0.1, -0.05) is 27.7 Å². The Morgan fingerprint density at radius 1 is 1.35 bits per heavy atom. The van der Waals surface area contributed by atoms with E-state index in [1.54, 1.807) is 7.05 Å². The number of aryl methyl sites for hydroxylation is 1. The maximum Gasteiger partial charge on any atom is 0.271 e. The second kappa shape index (κ2) is 4.79. The zero-order chi connectivity index (χ0) is 15.1. The highest BCUT2D eigenvalue weighted by atomic mass is 16.2. The molecule has 0 radical (unpaired) electrons. The predicted molar refractivity (Wildman–Crippen MR) is 80.3 cm³/mol. The Balaban J connectivity index is 2.12. The summed E-state index contributed by atoms with van der Waals surface area (Å²) >= 11 is 0. The summed E-state index contributed by atoms with van der Waals surface area (Å²) in [6, 6.07) is 0.190. The molecule has 2 rings (SSSR count). The first-order valence-electron chi connectivity index (χ1n) is 7.18. The number of nitrogen functional groups attached to an aromatic ring is 1. The van der Waals surface area contributed by atoms with E-state index < -0.39 is 0 Å². The molecule has 1 heterocycles. The Hall–Kier alpha value is -1.52. The number of nitrogens with one attached hydrogen (secondary N) is 1. The van der Waals surface area contributed by atoms with Crippen molar-refractivity contribution in [2.45, 2.75) is 53.0 Å². The smallest absolute Gasteiger partial charge is 0.271 e. The molecule has 3 N–H and O–H groups in total. The minimum atomic E-state index is -0.124. The maximum atomic E-state index is 12.4. The molecule has 0 saturated heterocycles. The van der Waals surface area contributed by atoms with Crippen molar-refractivity contribution in [2.24, 2.45) is 17.9 Å². The van der Waals surface area contributed by atoms with Crippen LogP contribution in [0.5, 0.6) is 0 Å². The molecular formula is C15H26N4O. The fraction of sp³-hybridized carbons (Fsp3) is 0.733. The van der Waals surface area contributed by atoms with Gasteiger partial charge in [-0.05, 0) is 30.1 Å². The van der Waals surface area contributed by atoms with Crippen LogP contribution in [0.25, 0.3) is 0 Å². The fourth-order valence-corrected chi connectivity index (χ4v) is 3.93. The van der Waals surface area contributed by atoms with Crippen LogP contribution >= 0.6 is 0 Å². The molecule has 1 aromatic rings. The van der Waals surface area contributed by atoms with Crippen LogP contribution < -0.4 is 11.1 Å². The molecule has 0 unspecified atom stereocenters. The Morgan fingerprint density at radius 2 is 1.90 bits per heavy atom. The monoisotopic (exact) mass is 278 g/mol. The van der Waals surface area contributed by atoms with Gasteiger partial charge in [0.2, 0.25) is 0 Å². The second-order valence-corrected chi connectivity index (χ2v) is 7.66. The molecule has 5 nitrogen and oxygen atoms in total. The molecule has 1 aliphatic rings. The first kappa shape index (κ1) is 14.9. The Kier molecular flexibility index (Phi) is 3.56. The number of aromatic nitrogens is 2. The lowest BCUT2D eigenvalue weighted by atomic mass is 9.63. The van der Waals surface area contributed by atoms with E-state index in [2.05, 4.69) is 38.1 Å². The molecular weight excluding hydrogens is 252 g/mol. The number of hydrogen-bond acceptors (Lipinski definition) is 3. The number of carbonyl (C=O) groups excluding carboxylic acids is 1. The highest BCUT2D eigenvalue weighted by Crippen LogP contribution is 2.45. The van der Waals surface area contributed by atoms with Crippen molar-refractivity contribution in [3.63, 3.8) is 0 Å². The van der Waals surface area contributed by atoms with Crippen LogP contribution in [-0.2, 0) is 7.05 Å². The van der Waals surface area contributed by atoms with Crippen LogP contribution in [0.2, 0.25) is 0 Å². The van der Waals surface area contributed by atoms with Gasteiger partial charge in [0, 0.05) is 13.1 Å². The van der Waals surface area contributed by atoms with Gasteiger partial charge in [0.25, 0.3) is 5.91 Å². The maximum absolute atomic E-state index is 12.4. The standard InChI is InChI=1S/C15H26N4O/c1-14(2)6-10(7-15(3,4)9-14)18-13(20)12-11(16)8-17-19(12)5/h8,10H,6-7,9,16H2,1-5H3,(H,18,20). The lowest BCUT2D eigenvalue weighted by Crippen LogP contribution is -2.46. The molecule has 1 fully saturated rings. The van der Waals surface area contributed by atoms with Gasteiger partial charge in [0.15, 0.2) is 0 Å².